The summed E-state index contributed by atoms with van der Waals surface area (Å²) < 4.78 is 1.01. The molecule has 0 spiro atoms. The van der Waals surface area contributed by atoms with E-state index in [1.807, 2.05) is 38.1 Å². The average molecular weight is 243 g/mol. The van der Waals surface area contributed by atoms with Crippen LogP contribution in [0.5, 0.6) is 0 Å². The van der Waals surface area contributed by atoms with Crippen molar-refractivity contribution in [2.24, 2.45) is 11.5 Å². The van der Waals surface area contributed by atoms with Crippen LogP contribution in [0.4, 0.5) is 0 Å². The van der Waals surface area contributed by atoms with Crippen molar-refractivity contribution in [1.29, 1.82) is 0 Å². The van der Waals surface area contributed by atoms with Gasteiger partial charge >= 0.3 is 0 Å². The second-order valence-corrected chi connectivity index (χ2v) is 4.67. The van der Waals surface area contributed by atoms with Crippen LogP contribution in [0.2, 0.25) is 0 Å². The highest BCUT2D eigenvalue weighted by atomic mass is 79.9. The molecule has 0 radical (unpaired) electrons. The highest BCUT2D eigenvalue weighted by Gasteiger charge is 2.23. The zero-order valence-corrected chi connectivity index (χ0v) is 9.51. The van der Waals surface area contributed by atoms with Crippen LogP contribution < -0.4 is 11.5 Å². The largest absolute Gasteiger partial charge is 0.324 e. The van der Waals surface area contributed by atoms with Gasteiger partial charge in [-0.2, -0.15) is 0 Å². The Hall–Kier alpha value is -0.380. The molecule has 0 aliphatic heterocycles. The Morgan fingerprint density at radius 1 is 1.31 bits per heavy atom. The monoisotopic (exact) mass is 242 g/mol. The van der Waals surface area contributed by atoms with Crippen LogP contribution in [0, 0.1) is 0 Å². The third-order valence-electron chi connectivity index (χ3n) is 2.04. The maximum absolute atomic E-state index is 6.02. The van der Waals surface area contributed by atoms with Crippen molar-refractivity contribution in [3.8, 4) is 0 Å². The van der Waals surface area contributed by atoms with Crippen molar-refractivity contribution in [1.82, 2.24) is 0 Å². The Balaban J connectivity index is 3.02. The van der Waals surface area contributed by atoms with Gasteiger partial charge in [0.2, 0.25) is 0 Å². The predicted octanol–water partition coefficient (Wildman–Crippen LogP) is 2.19. The van der Waals surface area contributed by atoms with E-state index < -0.39 is 5.54 Å². The Bertz CT molecular complexity index is 291. The summed E-state index contributed by atoms with van der Waals surface area (Å²) in [5.41, 5.74) is 12.6. The predicted molar refractivity (Wildman–Crippen MR) is 59.3 cm³/mol. The van der Waals surface area contributed by atoms with Crippen LogP contribution in [-0.2, 0) is 0 Å². The number of nitrogens with two attached hydrogens (primary N) is 2. The van der Waals surface area contributed by atoms with Gasteiger partial charge in [0, 0.05) is 16.1 Å². The highest BCUT2D eigenvalue weighted by Crippen LogP contribution is 2.27. The van der Waals surface area contributed by atoms with Gasteiger partial charge in [0.05, 0.1) is 0 Å². The molecule has 1 aromatic rings. The minimum Gasteiger partial charge on any atom is -0.324 e. The van der Waals surface area contributed by atoms with Crippen molar-refractivity contribution in [3.05, 3.63) is 34.3 Å². The molecule has 72 valence electrons. The van der Waals surface area contributed by atoms with Crippen molar-refractivity contribution in [2.75, 3.05) is 0 Å². The molecule has 2 nitrogen and oxygen atoms in total. The van der Waals surface area contributed by atoms with Gasteiger partial charge in [-0.1, -0.05) is 34.1 Å². The SMILES string of the molecule is CC(C)(N)C(N)c1ccccc1Br. The van der Waals surface area contributed by atoms with Gasteiger partial charge in [0.15, 0.2) is 0 Å². The van der Waals surface area contributed by atoms with Crippen molar-refractivity contribution in [3.63, 3.8) is 0 Å². The molecule has 0 aliphatic carbocycles. The minimum atomic E-state index is -0.399. The summed E-state index contributed by atoms with van der Waals surface area (Å²) in [6.07, 6.45) is 0. The first kappa shape index (κ1) is 10.7. The molecule has 13 heavy (non-hydrogen) atoms. The standard InChI is InChI=1S/C10H15BrN2/c1-10(2,13)9(12)7-5-3-4-6-8(7)11/h3-6,9H,12-13H2,1-2H3. The molecule has 3 heteroatoms. The lowest BCUT2D eigenvalue weighted by molar-refractivity contribution is 0.419. The molecule has 0 fully saturated rings. The lowest BCUT2D eigenvalue weighted by Crippen LogP contribution is -2.43. The van der Waals surface area contributed by atoms with Gasteiger partial charge in [0.25, 0.3) is 0 Å². The Kier molecular flexibility index (Phi) is 3.11. The molecule has 0 aromatic heterocycles. The highest BCUT2D eigenvalue weighted by molar-refractivity contribution is 9.10. The van der Waals surface area contributed by atoms with Crippen molar-refractivity contribution >= 4 is 15.9 Å². The first-order valence-corrected chi connectivity index (χ1v) is 5.01. The molecule has 0 heterocycles. The fraction of sp³-hybridized carbons (Fsp3) is 0.400. The summed E-state index contributed by atoms with van der Waals surface area (Å²) >= 11 is 3.45. The van der Waals surface area contributed by atoms with E-state index in [1.165, 1.54) is 0 Å². The summed E-state index contributed by atoms with van der Waals surface area (Å²) in [5.74, 6) is 0. The molecule has 1 atom stereocenters. The maximum atomic E-state index is 6.02. The van der Waals surface area contributed by atoms with Crippen LogP contribution in [-0.4, -0.2) is 5.54 Å². The van der Waals surface area contributed by atoms with E-state index in [2.05, 4.69) is 15.9 Å². The van der Waals surface area contributed by atoms with E-state index in [-0.39, 0.29) is 6.04 Å². The van der Waals surface area contributed by atoms with Gasteiger partial charge in [-0.25, -0.2) is 0 Å². The molecule has 0 saturated carbocycles. The van der Waals surface area contributed by atoms with Gasteiger partial charge in [-0.3, -0.25) is 0 Å². The van der Waals surface area contributed by atoms with E-state index in [0.717, 1.165) is 10.0 Å². The quantitative estimate of drug-likeness (QED) is 0.836. The zero-order valence-electron chi connectivity index (χ0n) is 7.92. The summed E-state index contributed by atoms with van der Waals surface area (Å²) in [7, 11) is 0. The van der Waals surface area contributed by atoms with Crippen LogP contribution >= 0.6 is 15.9 Å². The summed E-state index contributed by atoms with van der Waals surface area (Å²) in [6.45, 7) is 3.86. The lowest BCUT2D eigenvalue weighted by Gasteiger charge is -2.28. The Morgan fingerprint density at radius 3 is 2.31 bits per heavy atom. The Labute approximate surface area is 87.4 Å². The third kappa shape index (κ3) is 2.53. The van der Waals surface area contributed by atoms with Gasteiger partial charge in [0.1, 0.15) is 0 Å². The topological polar surface area (TPSA) is 52.0 Å². The average Bonchev–Trinajstić information content (AvgIpc) is 2.02. The van der Waals surface area contributed by atoms with Gasteiger partial charge < -0.3 is 11.5 Å². The van der Waals surface area contributed by atoms with E-state index in [1.54, 1.807) is 0 Å². The molecule has 1 unspecified atom stereocenters. The molecule has 4 N–H and O–H groups in total. The number of hydrogen-bond donors (Lipinski definition) is 2. The maximum Gasteiger partial charge on any atom is 0.0483 e. The van der Waals surface area contributed by atoms with E-state index in [4.69, 9.17) is 11.5 Å². The van der Waals surface area contributed by atoms with Crippen LogP contribution in [0.1, 0.15) is 25.5 Å². The van der Waals surface area contributed by atoms with E-state index >= 15 is 0 Å². The first-order valence-electron chi connectivity index (χ1n) is 4.22. The van der Waals surface area contributed by atoms with Gasteiger partial charge in [-0.15, -0.1) is 0 Å². The second kappa shape index (κ2) is 3.78. The molecule has 1 rings (SSSR count). The van der Waals surface area contributed by atoms with Crippen LogP contribution in [0.15, 0.2) is 28.7 Å². The number of halogens is 1. The fourth-order valence-corrected chi connectivity index (χ4v) is 1.66. The van der Waals surface area contributed by atoms with Crippen LogP contribution in [0.25, 0.3) is 0 Å². The summed E-state index contributed by atoms with van der Waals surface area (Å²) in [5, 5.41) is 0. The number of rotatable bonds is 2. The normalized spacial score (nSPS) is 14.2. The Morgan fingerprint density at radius 2 is 1.85 bits per heavy atom. The molecule has 0 bridgehead atoms. The van der Waals surface area contributed by atoms with Gasteiger partial charge in [-0.05, 0) is 25.5 Å². The smallest absolute Gasteiger partial charge is 0.0483 e. The van der Waals surface area contributed by atoms with Crippen molar-refractivity contribution in [2.45, 2.75) is 25.4 Å². The molecule has 1 aromatic carbocycles. The lowest BCUT2D eigenvalue weighted by atomic mass is 9.91. The number of hydrogen-bond acceptors (Lipinski definition) is 2. The van der Waals surface area contributed by atoms with Crippen LogP contribution in [0.3, 0.4) is 0 Å². The summed E-state index contributed by atoms with van der Waals surface area (Å²) in [6, 6.07) is 7.74. The minimum absolute atomic E-state index is 0.150. The molecular formula is C10H15BrN2. The number of benzene rings is 1. The van der Waals surface area contributed by atoms with E-state index in [9.17, 15) is 0 Å². The summed E-state index contributed by atoms with van der Waals surface area (Å²) in [4.78, 5) is 0. The molecule has 0 saturated heterocycles. The zero-order chi connectivity index (χ0) is 10.1. The second-order valence-electron chi connectivity index (χ2n) is 3.82. The van der Waals surface area contributed by atoms with E-state index in [0.29, 0.717) is 0 Å². The molecule has 0 amide bonds. The first-order chi connectivity index (χ1) is 5.93. The molecular weight excluding hydrogens is 228 g/mol. The molecule has 0 aliphatic rings. The fourth-order valence-electron chi connectivity index (χ4n) is 1.13. The van der Waals surface area contributed by atoms with Crippen molar-refractivity contribution < 1.29 is 0 Å². The third-order valence-corrected chi connectivity index (χ3v) is 2.76.